The number of hydrogen-bond donors (Lipinski definition) is 1. The molecule has 0 bridgehead atoms. The highest BCUT2D eigenvalue weighted by molar-refractivity contribution is 6.30. The van der Waals surface area contributed by atoms with Crippen LogP contribution in [-0.2, 0) is 6.61 Å². The van der Waals surface area contributed by atoms with Crippen LogP contribution in [-0.4, -0.2) is 47.2 Å². The summed E-state index contributed by atoms with van der Waals surface area (Å²) in [5, 5.41) is 7.63. The lowest BCUT2D eigenvalue weighted by atomic mass is 10.2. The first kappa shape index (κ1) is 18.4. The van der Waals surface area contributed by atoms with Gasteiger partial charge in [-0.1, -0.05) is 48.0 Å². The number of hydrogen-bond acceptors (Lipinski definition) is 4. The van der Waals surface area contributed by atoms with Crippen LogP contribution in [0.1, 0.15) is 16.1 Å². The van der Waals surface area contributed by atoms with E-state index in [0.717, 1.165) is 29.4 Å². The summed E-state index contributed by atoms with van der Waals surface area (Å²) in [5.74, 6) is 0.404. The van der Waals surface area contributed by atoms with Gasteiger partial charge in [0.2, 0.25) is 5.88 Å². The summed E-state index contributed by atoms with van der Waals surface area (Å²) < 4.78 is 5.69. The zero-order valence-electron chi connectivity index (χ0n) is 15.3. The van der Waals surface area contributed by atoms with E-state index in [1.807, 2.05) is 59.5 Å². The molecule has 1 saturated heterocycles. The maximum atomic E-state index is 12.7. The van der Waals surface area contributed by atoms with Crippen LogP contribution < -0.4 is 9.64 Å². The number of ether oxygens (including phenoxy) is 1. The number of benzene rings is 2. The molecule has 1 fully saturated rings. The van der Waals surface area contributed by atoms with Gasteiger partial charge >= 0.3 is 0 Å². The molecule has 0 unspecified atom stereocenters. The van der Waals surface area contributed by atoms with Crippen molar-refractivity contribution < 1.29 is 9.53 Å². The Balaban J connectivity index is 1.32. The first-order valence-corrected chi connectivity index (χ1v) is 9.59. The van der Waals surface area contributed by atoms with Gasteiger partial charge in [0.25, 0.3) is 5.91 Å². The molecule has 0 radical (unpaired) electrons. The summed E-state index contributed by atoms with van der Waals surface area (Å²) in [5.41, 5.74) is 2.51. The van der Waals surface area contributed by atoms with Gasteiger partial charge in [-0.2, -0.15) is 5.10 Å². The fourth-order valence-corrected chi connectivity index (χ4v) is 3.41. The number of carbonyl (C=O) groups excluding carboxylic acids is 1. The van der Waals surface area contributed by atoms with Crippen LogP contribution in [0.5, 0.6) is 5.88 Å². The molecule has 4 rings (SSSR count). The van der Waals surface area contributed by atoms with Crippen molar-refractivity contribution in [1.29, 1.82) is 0 Å². The molecular weight excluding hydrogens is 376 g/mol. The summed E-state index contributed by atoms with van der Waals surface area (Å²) in [6.07, 6.45) is 0. The largest absolute Gasteiger partial charge is 0.473 e. The van der Waals surface area contributed by atoms with E-state index in [0.29, 0.717) is 31.3 Å². The Hall–Kier alpha value is -2.99. The van der Waals surface area contributed by atoms with E-state index in [1.165, 1.54) is 0 Å². The molecule has 144 valence electrons. The third kappa shape index (κ3) is 4.28. The van der Waals surface area contributed by atoms with Gasteiger partial charge in [-0.3, -0.25) is 4.79 Å². The van der Waals surface area contributed by atoms with E-state index in [9.17, 15) is 4.79 Å². The number of aromatic amines is 1. The molecule has 6 nitrogen and oxygen atoms in total. The molecule has 1 aliphatic heterocycles. The lowest BCUT2D eigenvalue weighted by molar-refractivity contribution is 0.0740. The summed E-state index contributed by atoms with van der Waals surface area (Å²) in [7, 11) is 0. The van der Waals surface area contributed by atoms with Crippen molar-refractivity contribution in [3.63, 3.8) is 0 Å². The standard InChI is InChI=1S/C21H21ClN4O2/c22-17-7-4-8-18(13-17)25-9-11-26(12-10-25)21(27)19-14-20(24-23-19)28-15-16-5-2-1-3-6-16/h1-8,13-14H,9-12,15H2,(H,23,24). The van der Waals surface area contributed by atoms with Gasteiger partial charge in [-0.15, -0.1) is 0 Å². The van der Waals surface area contributed by atoms with E-state index < -0.39 is 0 Å². The van der Waals surface area contributed by atoms with E-state index in [-0.39, 0.29) is 5.91 Å². The van der Waals surface area contributed by atoms with Gasteiger partial charge in [0.15, 0.2) is 5.69 Å². The zero-order chi connectivity index (χ0) is 19.3. The van der Waals surface area contributed by atoms with Crippen LogP contribution in [0.25, 0.3) is 0 Å². The monoisotopic (exact) mass is 396 g/mol. The number of H-pyrrole nitrogens is 1. The number of nitrogens with one attached hydrogen (secondary N) is 1. The first-order valence-electron chi connectivity index (χ1n) is 9.21. The van der Waals surface area contributed by atoms with E-state index in [1.54, 1.807) is 6.07 Å². The van der Waals surface area contributed by atoms with Crippen molar-refractivity contribution in [2.75, 3.05) is 31.1 Å². The second-order valence-corrected chi connectivity index (χ2v) is 7.09. The lowest BCUT2D eigenvalue weighted by Crippen LogP contribution is -2.48. The minimum atomic E-state index is -0.0865. The number of nitrogens with zero attached hydrogens (tertiary/aromatic N) is 3. The number of aromatic nitrogens is 2. The van der Waals surface area contributed by atoms with E-state index >= 15 is 0 Å². The number of anilines is 1. The van der Waals surface area contributed by atoms with Gasteiger partial charge < -0.3 is 14.5 Å². The van der Waals surface area contributed by atoms with Crippen molar-refractivity contribution in [3.05, 3.63) is 76.9 Å². The second kappa shape index (κ2) is 8.35. The highest BCUT2D eigenvalue weighted by atomic mass is 35.5. The van der Waals surface area contributed by atoms with Crippen LogP contribution in [0.3, 0.4) is 0 Å². The molecule has 1 amide bonds. The minimum absolute atomic E-state index is 0.0865. The molecule has 28 heavy (non-hydrogen) atoms. The lowest BCUT2D eigenvalue weighted by Gasteiger charge is -2.35. The number of rotatable bonds is 5. The van der Waals surface area contributed by atoms with Crippen LogP contribution in [0.15, 0.2) is 60.7 Å². The molecule has 0 spiro atoms. The van der Waals surface area contributed by atoms with Gasteiger partial charge in [-0.25, -0.2) is 5.10 Å². The average Bonchev–Trinajstić information content (AvgIpc) is 3.22. The van der Waals surface area contributed by atoms with Crippen LogP contribution >= 0.6 is 11.6 Å². The normalized spacial score (nSPS) is 14.2. The molecule has 1 N–H and O–H groups in total. The molecule has 1 aliphatic rings. The Kier molecular flexibility index (Phi) is 5.48. The quantitative estimate of drug-likeness (QED) is 0.715. The van der Waals surface area contributed by atoms with Crippen molar-refractivity contribution in [2.45, 2.75) is 6.61 Å². The van der Waals surface area contributed by atoms with Gasteiger partial charge in [0.1, 0.15) is 6.61 Å². The predicted octanol–water partition coefficient (Wildman–Crippen LogP) is 3.60. The highest BCUT2D eigenvalue weighted by Crippen LogP contribution is 2.21. The topological polar surface area (TPSA) is 61.5 Å². The second-order valence-electron chi connectivity index (χ2n) is 6.65. The molecule has 3 aromatic rings. The van der Waals surface area contributed by atoms with Crippen molar-refractivity contribution in [3.8, 4) is 5.88 Å². The number of amides is 1. The van der Waals surface area contributed by atoms with Crippen molar-refractivity contribution >= 4 is 23.2 Å². The smallest absolute Gasteiger partial charge is 0.274 e. The number of piperazine rings is 1. The average molecular weight is 397 g/mol. The van der Waals surface area contributed by atoms with Gasteiger partial charge in [0, 0.05) is 43.0 Å². The fourth-order valence-electron chi connectivity index (χ4n) is 3.23. The Morgan fingerprint density at radius 2 is 1.82 bits per heavy atom. The summed E-state index contributed by atoms with van der Waals surface area (Å²) >= 11 is 6.08. The van der Waals surface area contributed by atoms with Crippen LogP contribution in [0.2, 0.25) is 5.02 Å². The highest BCUT2D eigenvalue weighted by Gasteiger charge is 2.24. The Labute approximate surface area is 168 Å². The Morgan fingerprint density at radius 1 is 1.04 bits per heavy atom. The zero-order valence-corrected chi connectivity index (χ0v) is 16.1. The molecule has 0 aliphatic carbocycles. The summed E-state index contributed by atoms with van der Waals surface area (Å²) in [4.78, 5) is 16.8. The molecule has 7 heteroatoms. The molecular formula is C21H21ClN4O2. The van der Waals surface area contributed by atoms with E-state index in [2.05, 4.69) is 15.1 Å². The molecule has 2 aromatic carbocycles. The van der Waals surface area contributed by atoms with Crippen LogP contribution in [0.4, 0.5) is 5.69 Å². The molecule has 0 atom stereocenters. The van der Waals surface area contributed by atoms with Crippen molar-refractivity contribution in [2.24, 2.45) is 0 Å². The molecule has 1 aromatic heterocycles. The third-order valence-electron chi connectivity index (χ3n) is 4.75. The van der Waals surface area contributed by atoms with Crippen LogP contribution in [0, 0.1) is 0 Å². The minimum Gasteiger partial charge on any atom is -0.473 e. The first-order chi connectivity index (χ1) is 13.7. The maximum absolute atomic E-state index is 12.7. The summed E-state index contributed by atoms with van der Waals surface area (Å²) in [6.45, 7) is 3.22. The van der Waals surface area contributed by atoms with E-state index in [4.69, 9.17) is 16.3 Å². The SMILES string of the molecule is O=C(c1cc(OCc2ccccc2)[nH]n1)N1CCN(c2cccc(Cl)c2)CC1. The summed E-state index contributed by atoms with van der Waals surface area (Å²) in [6, 6.07) is 19.3. The maximum Gasteiger partial charge on any atom is 0.274 e. The predicted molar refractivity (Wildman–Crippen MR) is 109 cm³/mol. The fraction of sp³-hybridized carbons (Fsp3) is 0.238. The number of carbonyl (C=O) groups is 1. The third-order valence-corrected chi connectivity index (χ3v) is 4.99. The molecule has 2 heterocycles. The van der Waals surface area contributed by atoms with Gasteiger partial charge in [0.05, 0.1) is 0 Å². The Morgan fingerprint density at radius 3 is 2.57 bits per heavy atom. The van der Waals surface area contributed by atoms with Gasteiger partial charge in [-0.05, 0) is 23.8 Å². The van der Waals surface area contributed by atoms with Crippen molar-refractivity contribution in [1.82, 2.24) is 15.1 Å². The number of halogens is 1. The Bertz CT molecular complexity index is 936. The molecule has 0 saturated carbocycles.